The van der Waals surface area contributed by atoms with Crippen molar-refractivity contribution >= 4 is 17.8 Å². The number of hydrogen-bond acceptors (Lipinski definition) is 6. The molecular formula is C20H24N5O+. The number of nitrogens with one attached hydrogen (secondary N) is 3. The van der Waals surface area contributed by atoms with Gasteiger partial charge in [-0.1, -0.05) is 6.07 Å². The van der Waals surface area contributed by atoms with Gasteiger partial charge in [0, 0.05) is 54.5 Å². The topological polar surface area (TPSA) is 90.8 Å². The van der Waals surface area contributed by atoms with Crippen molar-refractivity contribution in [3.63, 3.8) is 0 Å². The van der Waals surface area contributed by atoms with Crippen LogP contribution in [0, 0.1) is 5.41 Å². The fourth-order valence-corrected chi connectivity index (χ4v) is 3.10. The van der Waals surface area contributed by atoms with E-state index >= 15 is 0 Å². The summed E-state index contributed by atoms with van der Waals surface area (Å²) in [5.74, 6) is 0.992. The molecule has 1 atom stereocenters. The molecule has 1 unspecified atom stereocenters. The van der Waals surface area contributed by atoms with Crippen molar-refractivity contribution in [2.45, 2.75) is 38.1 Å². The molecule has 3 heterocycles. The Kier molecular flexibility index (Phi) is 6.36. The van der Waals surface area contributed by atoms with Crippen molar-refractivity contribution in [3.05, 3.63) is 53.5 Å². The Bertz CT molecular complexity index is 747. The Morgan fingerprint density at radius 3 is 2.96 bits per heavy atom. The van der Waals surface area contributed by atoms with Crippen LogP contribution in [0.1, 0.15) is 29.7 Å². The van der Waals surface area contributed by atoms with E-state index in [0.717, 1.165) is 42.9 Å². The van der Waals surface area contributed by atoms with Crippen molar-refractivity contribution < 1.29 is 4.79 Å². The summed E-state index contributed by atoms with van der Waals surface area (Å²) in [5, 5.41) is 14.6. The molecule has 26 heavy (non-hydrogen) atoms. The molecule has 3 N–H and O–H groups in total. The number of nitrogens with zero attached hydrogens (tertiary/aromatic N) is 2. The van der Waals surface area contributed by atoms with E-state index in [1.54, 1.807) is 12.4 Å². The third kappa shape index (κ3) is 5.15. The molecule has 0 fully saturated rings. The van der Waals surface area contributed by atoms with Crippen molar-refractivity contribution in [2.75, 3.05) is 18.4 Å². The van der Waals surface area contributed by atoms with Crippen molar-refractivity contribution in [2.24, 2.45) is 0 Å². The number of fused-ring (bicyclic) bond motifs is 1. The van der Waals surface area contributed by atoms with Crippen molar-refractivity contribution in [1.29, 1.82) is 5.41 Å². The van der Waals surface area contributed by atoms with Crippen molar-refractivity contribution in [1.82, 2.24) is 15.3 Å². The van der Waals surface area contributed by atoms with Crippen LogP contribution in [0.25, 0.3) is 0 Å². The van der Waals surface area contributed by atoms with Gasteiger partial charge >= 0.3 is 6.29 Å². The zero-order valence-corrected chi connectivity index (χ0v) is 14.8. The molecular weight excluding hydrogens is 326 g/mol. The Morgan fingerprint density at radius 2 is 2.15 bits per heavy atom. The molecule has 3 rings (SSSR count). The number of hydrogen-bond donors (Lipinski definition) is 3. The second-order valence-corrected chi connectivity index (χ2v) is 6.56. The highest BCUT2D eigenvalue weighted by Crippen LogP contribution is 2.19. The van der Waals surface area contributed by atoms with Gasteiger partial charge < -0.3 is 10.7 Å². The minimum absolute atomic E-state index is 0.366. The predicted molar refractivity (Wildman–Crippen MR) is 103 cm³/mol. The SMILES string of the molecule is N=C(Cc1ccncc1)CC([C+]=O)NCCc1ccc2c(n1)NCCC2. The molecule has 1 aliphatic rings. The lowest BCUT2D eigenvalue weighted by molar-refractivity contribution is 0.517. The first-order valence-corrected chi connectivity index (χ1v) is 9.03. The maximum Gasteiger partial charge on any atom is 0.527 e. The third-order valence-corrected chi connectivity index (χ3v) is 4.48. The average molecular weight is 350 g/mol. The first-order chi connectivity index (χ1) is 12.7. The monoisotopic (exact) mass is 350 g/mol. The van der Waals surface area contributed by atoms with Crippen molar-refractivity contribution in [3.8, 4) is 0 Å². The minimum atomic E-state index is -0.458. The van der Waals surface area contributed by atoms with Gasteiger partial charge in [0.05, 0.1) is 6.42 Å². The highest BCUT2D eigenvalue weighted by molar-refractivity contribution is 5.86. The van der Waals surface area contributed by atoms with Gasteiger partial charge in [-0.05, 0) is 42.2 Å². The second-order valence-electron chi connectivity index (χ2n) is 6.56. The number of pyridine rings is 2. The van der Waals surface area contributed by atoms with Crippen LogP contribution in [0.4, 0.5) is 5.82 Å². The summed E-state index contributed by atoms with van der Waals surface area (Å²) in [6, 6.07) is 7.51. The number of aromatic nitrogens is 2. The van der Waals surface area contributed by atoms with Gasteiger partial charge in [-0.3, -0.25) is 10.3 Å². The molecule has 6 heteroatoms. The summed E-state index contributed by atoms with van der Waals surface area (Å²) in [7, 11) is 0. The summed E-state index contributed by atoms with van der Waals surface area (Å²) < 4.78 is 0. The Morgan fingerprint density at radius 1 is 1.31 bits per heavy atom. The lowest BCUT2D eigenvalue weighted by Gasteiger charge is -2.17. The van der Waals surface area contributed by atoms with Crippen LogP contribution in [0.2, 0.25) is 0 Å². The number of rotatable bonds is 9. The molecule has 6 nitrogen and oxygen atoms in total. The fourth-order valence-electron chi connectivity index (χ4n) is 3.10. The molecule has 134 valence electrons. The molecule has 0 radical (unpaired) electrons. The maximum absolute atomic E-state index is 11.2. The second kappa shape index (κ2) is 9.13. The normalized spacial score (nSPS) is 14.0. The summed E-state index contributed by atoms with van der Waals surface area (Å²) in [4.78, 5) is 19.8. The van der Waals surface area contributed by atoms with Crippen LogP contribution in [0.3, 0.4) is 0 Å². The molecule has 0 saturated heterocycles. The van der Waals surface area contributed by atoms with Gasteiger partial charge in [-0.25, -0.2) is 4.98 Å². The number of carbonyl (C=O) groups excluding carboxylic acids is 1. The zero-order valence-electron chi connectivity index (χ0n) is 14.8. The van der Waals surface area contributed by atoms with E-state index in [0.29, 0.717) is 25.1 Å². The van der Waals surface area contributed by atoms with E-state index in [2.05, 4.69) is 32.7 Å². The molecule has 0 saturated carbocycles. The number of anilines is 1. The van der Waals surface area contributed by atoms with E-state index in [9.17, 15) is 4.79 Å². The van der Waals surface area contributed by atoms with Crippen LogP contribution >= 0.6 is 0 Å². The summed E-state index contributed by atoms with van der Waals surface area (Å²) >= 11 is 0. The van der Waals surface area contributed by atoms with Gasteiger partial charge in [0.15, 0.2) is 0 Å². The van der Waals surface area contributed by atoms with Crippen LogP contribution in [-0.2, 0) is 24.1 Å². The molecule has 0 amide bonds. The summed E-state index contributed by atoms with van der Waals surface area (Å²) in [6.07, 6.45) is 9.30. The molecule has 0 spiro atoms. The highest BCUT2D eigenvalue weighted by Gasteiger charge is 2.23. The molecule has 2 aromatic rings. The van der Waals surface area contributed by atoms with Gasteiger partial charge in [0.2, 0.25) is 0 Å². The Balaban J connectivity index is 1.45. The average Bonchev–Trinajstić information content (AvgIpc) is 2.68. The Labute approximate surface area is 154 Å². The van der Waals surface area contributed by atoms with Crippen LogP contribution in [0.15, 0.2) is 36.7 Å². The summed E-state index contributed by atoms with van der Waals surface area (Å²) in [5.41, 5.74) is 3.81. The van der Waals surface area contributed by atoms with Gasteiger partial charge in [0.25, 0.3) is 6.04 Å². The lowest BCUT2D eigenvalue weighted by atomic mass is 10.0. The van der Waals surface area contributed by atoms with E-state index in [-0.39, 0.29) is 0 Å². The zero-order chi connectivity index (χ0) is 18.2. The highest BCUT2D eigenvalue weighted by atomic mass is 16.1. The number of aryl methyl sites for hydroxylation is 1. The third-order valence-electron chi connectivity index (χ3n) is 4.48. The fraction of sp³-hybridized carbons (Fsp3) is 0.400. The molecule has 2 aromatic heterocycles. The van der Waals surface area contributed by atoms with Gasteiger partial charge in [-0.15, -0.1) is 0 Å². The molecule has 0 aromatic carbocycles. The molecule has 1 aliphatic heterocycles. The first-order valence-electron chi connectivity index (χ1n) is 9.03. The van der Waals surface area contributed by atoms with E-state index in [4.69, 9.17) is 5.41 Å². The van der Waals surface area contributed by atoms with Crippen LogP contribution in [-0.4, -0.2) is 41.1 Å². The van der Waals surface area contributed by atoms with E-state index in [1.807, 2.05) is 18.4 Å². The smallest absolute Gasteiger partial charge is 0.370 e. The largest absolute Gasteiger partial charge is 0.527 e. The van der Waals surface area contributed by atoms with Crippen LogP contribution < -0.4 is 10.6 Å². The standard InChI is InChI=1S/C20H24N5O/c21-17(12-15-5-9-22-10-6-15)13-19(14-26)23-11-7-18-4-3-16-2-1-8-24-20(16)25-18/h3-6,9-10,19,21,23H,1-2,7-8,11-13H2,(H,24,25)/q+1. The lowest BCUT2D eigenvalue weighted by Crippen LogP contribution is -2.34. The van der Waals surface area contributed by atoms with E-state index in [1.165, 1.54) is 5.56 Å². The quantitative estimate of drug-likeness (QED) is 0.476. The van der Waals surface area contributed by atoms with Gasteiger partial charge in [-0.2, -0.15) is 0 Å². The summed E-state index contributed by atoms with van der Waals surface area (Å²) in [6.45, 7) is 1.61. The molecule has 0 aliphatic carbocycles. The molecule has 0 bridgehead atoms. The van der Waals surface area contributed by atoms with Gasteiger partial charge in [0.1, 0.15) is 5.82 Å². The van der Waals surface area contributed by atoms with Crippen LogP contribution in [0.5, 0.6) is 0 Å². The Hall–Kier alpha value is -2.69. The maximum atomic E-state index is 11.2. The van der Waals surface area contributed by atoms with E-state index < -0.39 is 6.04 Å². The minimum Gasteiger partial charge on any atom is -0.370 e. The first kappa shape index (κ1) is 18.1. The predicted octanol–water partition coefficient (Wildman–Crippen LogP) is 2.10.